The number of aromatic hydroxyl groups is 1. The largest absolute Gasteiger partial charge is 0.500 e. The molecule has 0 radical (unpaired) electrons. The second-order valence-corrected chi connectivity index (χ2v) is 9.90. The Morgan fingerprint density at radius 3 is 2.56 bits per heavy atom. The third-order valence-electron chi connectivity index (χ3n) is 5.88. The molecule has 0 fully saturated rings. The Kier molecular flexibility index (Phi) is 7.86. The van der Waals surface area contributed by atoms with E-state index in [9.17, 15) is 24.8 Å². The van der Waals surface area contributed by atoms with Crippen LogP contribution in [0, 0.1) is 10.1 Å². The number of rotatable bonds is 8. The SMILES string of the molecule is CCOC(=O)C1=C(C)N=c2s/c(=C\c3cc(OC)c(O)c([N+](=O)[O-])c3)c(=O)n2[C@H]1c1ccc(OC(C)C)cc1. The molecule has 204 valence electrons. The van der Waals surface area contributed by atoms with E-state index in [0.717, 1.165) is 17.4 Å². The fraction of sp³-hybridized carbons (Fsp3) is 0.296. The van der Waals surface area contributed by atoms with Crippen LogP contribution in [0.15, 0.2) is 57.5 Å². The zero-order chi connectivity index (χ0) is 28.4. The van der Waals surface area contributed by atoms with Gasteiger partial charge in [-0.1, -0.05) is 23.5 Å². The molecule has 1 aliphatic heterocycles. The van der Waals surface area contributed by atoms with Gasteiger partial charge in [-0.2, -0.15) is 0 Å². The first kappa shape index (κ1) is 27.6. The highest BCUT2D eigenvalue weighted by Gasteiger charge is 2.33. The van der Waals surface area contributed by atoms with Crippen LogP contribution in [-0.2, 0) is 9.53 Å². The first-order valence-corrected chi connectivity index (χ1v) is 12.9. The lowest BCUT2D eigenvalue weighted by atomic mass is 9.96. The number of hydrogen-bond acceptors (Lipinski definition) is 10. The molecule has 2 heterocycles. The van der Waals surface area contributed by atoms with E-state index in [2.05, 4.69) is 4.99 Å². The Hall–Kier alpha value is -4.45. The summed E-state index contributed by atoms with van der Waals surface area (Å²) in [5.41, 5.74) is 0.560. The van der Waals surface area contributed by atoms with Gasteiger partial charge in [-0.3, -0.25) is 19.5 Å². The van der Waals surface area contributed by atoms with Crippen molar-refractivity contribution in [2.24, 2.45) is 4.99 Å². The Bertz CT molecular complexity index is 1650. The molecule has 0 bridgehead atoms. The second kappa shape index (κ2) is 11.1. The summed E-state index contributed by atoms with van der Waals surface area (Å²) >= 11 is 1.07. The maximum absolute atomic E-state index is 13.8. The zero-order valence-corrected chi connectivity index (χ0v) is 22.8. The minimum Gasteiger partial charge on any atom is -0.500 e. The van der Waals surface area contributed by atoms with E-state index in [1.165, 1.54) is 23.8 Å². The third-order valence-corrected chi connectivity index (χ3v) is 6.86. The quantitative estimate of drug-likeness (QED) is 0.255. The Morgan fingerprint density at radius 1 is 1.28 bits per heavy atom. The van der Waals surface area contributed by atoms with Crippen molar-refractivity contribution < 1.29 is 29.0 Å². The molecule has 12 heteroatoms. The lowest BCUT2D eigenvalue weighted by Gasteiger charge is -2.25. The molecule has 1 aliphatic rings. The molecule has 4 rings (SSSR count). The fourth-order valence-electron chi connectivity index (χ4n) is 4.25. The third kappa shape index (κ3) is 5.41. The number of methoxy groups -OCH3 is 1. The number of thiazole rings is 1. The van der Waals surface area contributed by atoms with Gasteiger partial charge < -0.3 is 19.3 Å². The standard InChI is InChI=1S/C27H27N3O8S/c1-6-37-26(33)22-15(4)28-27-29(23(22)17-7-9-18(10-8-17)38-14(2)3)25(32)21(39-27)13-16-11-19(30(34)35)24(31)20(12-16)36-5/h7-14,23,31H,6H2,1-5H3/b21-13-/t23-/m0/s1. The number of nitrogens with zero attached hydrogens (tertiary/aromatic N) is 3. The first-order chi connectivity index (χ1) is 18.5. The second-order valence-electron chi connectivity index (χ2n) is 8.89. The van der Waals surface area contributed by atoms with Gasteiger partial charge in [0, 0.05) is 6.07 Å². The highest BCUT2D eigenvalue weighted by atomic mass is 32.1. The van der Waals surface area contributed by atoms with Gasteiger partial charge in [-0.15, -0.1) is 0 Å². The van der Waals surface area contributed by atoms with E-state index in [4.69, 9.17) is 14.2 Å². The molecular formula is C27H27N3O8S. The number of ether oxygens (including phenoxy) is 3. The number of carbonyl (C=O) groups excluding carboxylic acids is 1. The Labute approximate surface area is 227 Å². The van der Waals surface area contributed by atoms with Gasteiger partial charge in [0.05, 0.1) is 46.6 Å². The van der Waals surface area contributed by atoms with Crippen molar-refractivity contribution in [3.05, 3.63) is 88.6 Å². The molecule has 1 aromatic heterocycles. The van der Waals surface area contributed by atoms with E-state index in [0.29, 0.717) is 21.8 Å². The van der Waals surface area contributed by atoms with Crippen LogP contribution in [0.3, 0.4) is 0 Å². The molecule has 2 aromatic carbocycles. The topological polar surface area (TPSA) is 142 Å². The summed E-state index contributed by atoms with van der Waals surface area (Å²) in [6, 6.07) is 8.82. The van der Waals surface area contributed by atoms with E-state index < -0.39 is 33.9 Å². The van der Waals surface area contributed by atoms with Crippen molar-refractivity contribution in [2.75, 3.05) is 13.7 Å². The van der Waals surface area contributed by atoms with Crippen LogP contribution in [0.5, 0.6) is 17.2 Å². The molecule has 3 aromatic rings. The number of nitro groups is 1. The van der Waals surface area contributed by atoms with Gasteiger partial charge >= 0.3 is 11.7 Å². The highest BCUT2D eigenvalue weighted by Crippen LogP contribution is 2.37. The molecule has 0 unspecified atom stereocenters. The number of fused-ring (bicyclic) bond motifs is 1. The average Bonchev–Trinajstić information content (AvgIpc) is 3.18. The number of allylic oxidation sites excluding steroid dienone is 1. The summed E-state index contributed by atoms with van der Waals surface area (Å²) in [6.45, 7) is 7.35. The lowest BCUT2D eigenvalue weighted by Crippen LogP contribution is -2.39. The number of nitro benzene ring substituents is 1. The molecule has 0 spiro atoms. The normalized spacial score (nSPS) is 15.1. The van der Waals surface area contributed by atoms with Crippen molar-refractivity contribution in [3.8, 4) is 17.2 Å². The molecule has 0 saturated carbocycles. The number of phenols is 1. The maximum atomic E-state index is 13.8. The van der Waals surface area contributed by atoms with E-state index in [1.807, 2.05) is 13.8 Å². The molecule has 0 aliphatic carbocycles. The van der Waals surface area contributed by atoms with Crippen LogP contribution in [0.2, 0.25) is 0 Å². The average molecular weight is 554 g/mol. The minimum absolute atomic E-state index is 0.0277. The predicted molar refractivity (Wildman–Crippen MR) is 144 cm³/mol. The maximum Gasteiger partial charge on any atom is 0.338 e. The highest BCUT2D eigenvalue weighted by molar-refractivity contribution is 7.07. The van der Waals surface area contributed by atoms with Crippen LogP contribution in [0.4, 0.5) is 5.69 Å². The molecule has 0 amide bonds. The van der Waals surface area contributed by atoms with Gasteiger partial charge in [0.25, 0.3) is 5.56 Å². The molecule has 11 nitrogen and oxygen atoms in total. The molecule has 39 heavy (non-hydrogen) atoms. The van der Waals surface area contributed by atoms with Crippen LogP contribution in [-0.4, -0.2) is 40.4 Å². The van der Waals surface area contributed by atoms with Crippen molar-refractivity contribution >= 4 is 29.1 Å². The Morgan fingerprint density at radius 2 is 1.97 bits per heavy atom. The first-order valence-electron chi connectivity index (χ1n) is 12.1. The minimum atomic E-state index is -0.820. The monoisotopic (exact) mass is 553 g/mol. The van der Waals surface area contributed by atoms with Gasteiger partial charge in [-0.05, 0) is 63.1 Å². The van der Waals surface area contributed by atoms with Gasteiger partial charge in [0.15, 0.2) is 10.6 Å². The summed E-state index contributed by atoms with van der Waals surface area (Å²) in [5, 5.41) is 21.5. The number of aromatic nitrogens is 1. The molecule has 0 saturated heterocycles. The van der Waals surface area contributed by atoms with E-state index in [-0.39, 0.29) is 34.1 Å². The van der Waals surface area contributed by atoms with Gasteiger partial charge in [0.2, 0.25) is 5.75 Å². The molecular weight excluding hydrogens is 526 g/mol. The van der Waals surface area contributed by atoms with Crippen molar-refractivity contribution in [1.82, 2.24) is 4.57 Å². The van der Waals surface area contributed by atoms with Crippen molar-refractivity contribution in [2.45, 2.75) is 39.8 Å². The van der Waals surface area contributed by atoms with Crippen LogP contribution >= 0.6 is 11.3 Å². The zero-order valence-electron chi connectivity index (χ0n) is 22.0. The van der Waals surface area contributed by atoms with Gasteiger partial charge in [0.1, 0.15) is 5.75 Å². The number of hydrogen-bond donors (Lipinski definition) is 1. The van der Waals surface area contributed by atoms with Gasteiger partial charge in [-0.25, -0.2) is 9.79 Å². The summed E-state index contributed by atoms with van der Waals surface area (Å²) in [5.74, 6) is -0.659. The van der Waals surface area contributed by atoms with E-state index in [1.54, 1.807) is 38.1 Å². The summed E-state index contributed by atoms with van der Waals surface area (Å²) in [4.78, 5) is 42.4. The summed E-state index contributed by atoms with van der Waals surface area (Å²) in [7, 11) is 1.27. The van der Waals surface area contributed by atoms with Crippen LogP contribution in [0.25, 0.3) is 6.08 Å². The molecule has 1 atom stereocenters. The predicted octanol–water partition coefficient (Wildman–Crippen LogP) is 3.21. The van der Waals surface area contributed by atoms with Crippen LogP contribution in [0.1, 0.15) is 44.9 Å². The smallest absolute Gasteiger partial charge is 0.338 e. The summed E-state index contributed by atoms with van der Waals surface area (Å²) < 4.78 is 17.8. The Balaban J connectivity index is 1.92. The number of phenolic OH excluding ortho intramolecular Hbond substituents is 1. The molecule has 1 N–H and O–H groups in total. The number of carbonyl (C=O) groups is 1. The van der Waals surface area contributed by atoms with Crippen molar-refractivity contribution in [1.29, 1.82) is 0 Å². The number of benzene rings is 2. The lowest BCUT2D eigenvalue weighted by molar-refractivity contribution is -0.386. The van der Waals surface area contributed by atoms with E-state index >= 15 is 0 Å². The fourth-order valence-corrected chi connectivity index (χ4v) is 5.30. The van der Waals surface area contributed by atoms with Crippen molar-refractivity contribution in [3.63, 3.8) is 0 Å². The number of esters is 1. The van der Waals surface area contributed by atoms with Crippen LogP contribution < -0.4 is 24.4 Å². The summed E-state index contributed by atoms with van der Waals surface area (Å²) in [6.07, 6.45) is 1.43.